The first-order valence-corrected chi connectivity index (χ1v) is 10.3. The topological polar surface area (TPSA) is 69.0 Å². The van der Waals surface area contributed by atoms with Crippen molar-refractivity contribution in [3.05, 3.63) is 77.6 Å². The first kappa shape index (κ1) is 21.0. The molecule has 0 fully saturated rings. The van der Waals surface area contributed by atoms with Crippen LogP contribution in [0, 0.1) is 0 Å². The Morgan fingerprint density at radius 2 is 1.93 bits per heavy atom. The van der Waals surface area contributed by atoms with Crippen LogP contribution in [-0.2, 0) is 17.8 Å². The highest BCUT2D eigenvalue weighted by molar-refractivity contribution is 7.99. The number of allylic oxidation sites excluding steroid dienone is 1. The van der Waals surface area contributed by atoms with Gasteiger partial charge in [-0.2, -0.15) is 0 Å². The van der Waals surface area contributed by atoms with Crippen LogP contribution in [0.5, 0.6) is 5.75 Å². The Kier molecular flexibility index (Phi) is 7.32. The van der Waals surface area contributed by atoms with E-state index in [4.69, 9.17) is 16.3 Å². The van der Waals surface area contributed by atoms with Gasteiger partial charge in [0, 0.05) is 23.7 Å². The number of benzene rings is 2. The summed E-state index contributed by atoms with van der Waals surface area (Å²) in [6.07, 6.45) is 2.42. The molecule has 0 saturated carbocycles. The normalized spacial score (nSPS) is 10.6. The predicted molar refractivity (Wildman–Crippen MR) is 117 cm³/mol. The molecule has 1 aromatic heterocycles. The van der Waals surface area contributed by atoms with Gasteiger partial charge >= 0.3 is 0 Å². The van der Waals surface area contributed by atoms with E-state index < -0.39 is 0 Å². The minimum absolute atomic E-state index is 0.123. The summed E-state index contributed by atoms with van der Waals surface area (Å²) in [6, 6.07) is 14.8. The zero-order valence-electron chi connectivity index (χ0n) is 16.0. The van der Waals surface area contributed by atoms with E-state index in [9.17, 15) is 4.79 Å². The molecule has 0 unspecified atom stereocenters. The molecular weight excluding hydrogens is 408 g/mol. The second-order valence-corrected chi connectivity index (χ2v) is 7.55. The molecule has 1 N–H and O–H groups in total. The molecule has 3 aromatic rings. The number of nitrogens with one attached hydrogen (secondary N) is 1. The lowest BCUT2D eigenvalue weighted by molar-refractivity contribution is -0.113. The van der Waals surface area contributed by atoms with E-state index in [1.807, 2.05) is 28.8 Å². The number of ether oxygens (including phenoxy) is 1. The first-order chi connectivity index (χ1) is 14.1. The van der Waals surface area contributed by atoms with Gasteiger partial charge in [-0.3, -0.25) is 4.79 Å². The monoisotopic (exact) mass is 428 g/mol. The van der Waals surface area contributed by atoms with Gasteiger partial charge in [-0.05, 0) is 42.0 Å². The number of halogens is 1. The molecule has 0 saturated heterocycles. The van der Waals surface area contributed by atoms with Gasteiger partial charge in [0.15, 0.2) is 5.16 Å². The van der Waals surface area contributed by atoms with E-state index >= 15 is 0 Å². The summed E-state index contributed by atoms with van der Waals surface area (Å²) in [5.41, 5.74) is 1.80. The van der Waals surface area contributed by atoms with Crippen molar-refractivity contribution in [3.63, 3.8) is 0 Å². The fourth-order valence-electron chi connectivity index (χ4n) is 2.66. The number of thioether (sulfide) groups is 1. The maximum absolute atomic E-state index is 12.2. The summed E-state index contributed by atoms with van der Waals surface area (Å²) >= 11 is 7.20. The number of aromatic nitrogens is 3. The second-order valence-electron chi connectivity index (χ2n) is 6.17. The van der Waals surface area contributed by atoms with Gasteiger partial charge in [0.1, 0.15) is 11.6 Å². The Morgan fingerprint density at radius 3 is 2.59 bits per heavy atom. The molecule has 3 rings (SSSR count). The zero-order valence-corrected chi connectivity index (χ0v) is 17.5. The summed E-state index contributed by atoms with van der Waals surface area (Å²) in [5.74, 6) is 1.72. The highest BCUT2D eigenvalue weighted by Crippen LogP contribution is 2.21. The number of amides is 1. The first-order valence-electron chi connectivity index (χ1n) is 8.93. The summed E-state index contributed by atoms with van der Waals surface area (Å²) in [6.45, 7) is 4.38. The molecule has 0 spiro atoms. The second kappa shape index (κ2) is 10.1. The van der Waals surface area contributed by atoms with Crippen molar-refractivity contribution >= 4 is 35.0 Å². The summed E-state index contributed by atoms with van der Waals surface area (Å²) in [4.78, 5) is 12.2. The molecule has 6 nitrogen and oxygen atoms in total. The number of rotatable bonds is 9. The Labute approximate surface area is 178 Å². The summed E-state index contributed by atoms with van der Waals surface area (Å²) in [7, 11) is 1.64. The van der Waals surface area contributed by atoms with Crippen LogP contribution in [-0.4, -0.2) is 33.5 Å². The van der Waals surface area contributed by atoms with Crippen molar-refractivity contribution < 1.29 is 9.53 Å². The summed E-state index contributed by atoms with van der Waals surface area (Å²) in [5, 5.41) is 12.7. The minimum atomic E-state index is -0.123. The van der Waals surface area contributed by atoms with Gasteiger partial charge in [-0.15, -0.1) is 16.8 Å². The fourth-order valence-corrected chi connectivity index (χ4v) is 3.55. The van der Waals surface area contributed by atoms with E-state index in [0.717, 1.165) is 17.1 Å². The average Bonchev–Trinajstić information content (AvgIpc) is 3.10. The van der Waals surface area contributed by atoms with Crippen LogP contribution < -0.4 is 10.1 Å². The summed E-state index contributed by atoms with van der Waals surface area (Å²) < 4.78 is 7.16. The molecule has 8 heteroatoms. The molecule has 0 aliphatic rings. The van der Waals surface area contributed by atoms with Crippen molar-refractivity contribution in [1.82, 2.24) is 14.8 Å². The molecule has 1 heterocycles. The quantitative estimate of drug-likeness (QED) is 0.403. The lowest BCUT2D eigenvalue weighted by Crippen LogP contribution is -2.14. The van der Waals surface area contributed by atoms with E-state index in [0.29, 0.717) is 28.8 Å². The number of hydrogen-bond acceptors (Lipinski definition) is 5. The van der Waals surface area contributed by atoms with Crippen LogP contribution in [0.25, 0.3) is 0 Å². The fraction of sp³-hybridized carbons (Fsp3) is 0.190. The Balaban J connectivity index is 1.64. The Hall–Kier alpha value is -2.77. The number of carbonyl (C=O) groups is 1. The van der Waals surface area contributed by atoms with Gasteiger partial charge in [0.25, 0.3) is 0 Å². The molecule has 0 aliphatic heterocycles. The molecule has 150 valence electrons. The standard InChI is InChI=1S/C21H21ClN4O2S/c1-3-12-26-19(13-15-4-10-18(28-2)11-5-15)24-25-21(26)29-14-20(27)23-17-8-6-16(22)7-9-17/h3-11H,1,12-14H2,2H3,(H,23,27). The van der Waals surface area contributed by atoms with Crippen LogP contribution in [0.1, 0.15) is 11.4 Å². The number of hydrogen-bond donors (Lipinski definition) is 1. The highest BCUT2D eigenvalue weighted by Gasteiger charge is 2.14. The van der Waals surface area contributed by atoms with Gasteiger partial charge in [-0.25, -0.2) is 0 Å². The maximum Gasteiger partial charge on any atom is 0.234 e. The third-order valence-corrected chi connectivity index (χ3v) is 5.31. The number of nitrogens with zero attached hydrogens (tertiary/aromatic N) is 3. The van der Waals surface area contributed by atoms with E-state index in [-0.39, 0.29) is 11.7 Å². The lowest BCUT2D eigenvalue weighted by atomic mass is 10.1. The molecular formula is C21H21ClN4O2S. The van der Waals surface area contributed by atoms with Crippen molar-refractivity contribution in [3.8, 4) is 5.75 Å². The van der Waals surface area contributed by atoms with Crippen molar-refractivity contribution in [2.75, 3.05) is 18.2 Å². The zero-order chi connectivity index (χ0) is 20.6. The van der Waals surface area contributed by atoms with E-state index in [1.165, 1.54) is 11.8 Å². The van der Waals surface area contributed by atoms with Gasteiger partial charge in [0.2, 0.25) is 5.91 Å². The number of anilines is 1. The predicted octanol–water partition coefficient (Wildman–Crippen LogP) is 4.45. The lowest BCUT2D eigenvalue weighted by Gasteiger charge is -2.09. The average molecular weight is 429 g/mol. The minimum Gasteiger partial charge on any atom is -0.497 e. The van der Waals surface area contributed by atoms with Gasteiger partial charge < -0.3 is 14.6 Å². The van der Waals surface area contributed by atoms with Crippen molar-refractivity contribution in [2.45, 2.75) is 18.1 Å². The van der Waals surface area contributed by atoms with Crippen molar-refractivity contribution in [1.29, 1.82) is 0 Å². The smallest absolute Gasteiger partial charge is 0.234 e. The largest absolute Gasteiger partial charge is 0.497 e. The number of methoxy groups -OCH3 is 1. The van der Waals surface area contributed by atoms with Crippen LogP contribution >= 0.6 is 23.4 Å². The third kappa shape index (κ3) is 5.85. The van der Waals surface area contributed by atoms with E-state index in [1.54, 1.807) is 37.5 Å². The Bertz CT molecular complexity index is 971. The van der Waals surface area contributed by atoms with Gasteiger partial charge in [-0.1, -0.05) is 41.6 Å². The van der Waals surface area contributed by atoms with Crippen LogP contribution in [0.3, 0.4) is 0 Å². The molecule has 0 radical (unpaired) electrons. The maximum atomic E-state index is 12.2. The van der Waals surface area contributed by atoms with Crippen molar-refractivity contribution in [2.24, 2.45) is 0 Å². The Morgan fingerprint density at radius 1 is 1.21 bits per heavy atom. The SMILES string of the molecule is C=CCn1c(Cc2ccc(OC)cc2)nnc1SCC(=O)Nc1ccc(Cl)cc1. The van der Waals surface area contributed by atoms with Gasteiger partial charge in [0.05, 0.1) is 12.9 Å². The third-order valence-electron chi connectivity index (χ3n) is 4.09. The molecule has 2 aromatic carbocycles. The molecule has 0 aliphatic carbocycles. The number of carbonyl (C=O) groups excluding carboxylic acids is 1. The van der Waals surface area contributed by atoms with E-state index in [2.05, 4.69) is 22.1 Å². The van der Waals surface area contributed by atoms with Crippen LogP contribution in [0.15, 0.2) is 66.3 Å². The molecule has 29 heavy (non-hydrogen) atoms. The highest BCUT2D eigenvalue weighted by atomic mass is 35.5. The van der Waals surface area contributed by atoms with Crippen LogP contribution in [0.4, 0.5) is 5.69 Å². The molecule has 0 atom stereocenters. The molecule has 0 bridgehead atoms. The molecule has 1 amide bonds. The van der Waals surface area contributed by atoms with Crippen LogP contribution in [0.2, 0.25) is 5.02 Å².